The largest absolute Gasteiger partial charge is 0.369 e. The van der Waals surface area contributed by atoms with Gasteiger partial charge in [0.25, 0.3) is 0 Å². The van der Waals surface area contributed by atoms with E-state index in [1.165, 1.54) is 10.8 Å². The van der Waals surface area contributed by atoms with Gasteiger partial charge in [0.2, 0.25) is 17.7 Å². The van der Waals surface area contributed by atoms with Crippen molar-refractivity contribution < 1.29 is 14.4 Å². The summed E-state index contributed by atoms with van der Waals surface area (Å²) in [5, 5.41) is 5.50. The highest BCUT2D eigenvalue weighted by molar-refractivity contribution is 5.91. The van der Waals surface area contributed by atoms with Crippen molar-refractivity contribution in [2.75, 3.05) is 6.54 Å². The molecular formula is C35H43N3O3. The van der Waals surface area contributed by atoms with Crippen LogP contribution >= 0.6 is 0 Å². The lowest BCUT2D eigenvalue weighted by Crippen LogP contribution is -2.50. The lowest BCUT2D eigenvalue weighted by molar-refractivity contribution is -0.139. The van der Waals surface area contributed by atoms with Crippen molar-refractivity contribution in [1.82, 2.24) is 10.2 Å². The van der Waals surface area contributed by atoms with Gasteiger partial charge in [0.15, 0.2) is 0 Å². The number of likely N-dealkylation sites (tertiary alicyclic amines) is 1. The molecule has 3 N–H and O–H groups in total. The molecule has 1 saturated carbocycles. The second-order valence-electron chi connectivity index (χ2n) is 12.0. The summed E-state index contributed by atoms with van der Waals surface area (Å²) in [5.74, 6) is -1.10. The number of benzene rings is 3. The van der Waals surface area contributed by atoms with Crippen molar-refractivity contribution in [2.24, 2.45) is 23.5 Å². The molecule has 3 aromatic rings. The van der Waals surface area contributed by atoms with Gasteiger partial charge in [-0.25, -0.2) is 0 Å². The zero-order chi connectivity index (χ0) is 28.8. The van der Waals surface area contributed by atoms with Crippen LogP contribution in [0.15, 0.2) is 66.7 Å². The summed E-state index contributed by atoms with van der Waals surface area (Å²) in [6.07, 6.45) is 7.67. The quantitative estimate of drug-likeness (QED) is 0.279. The maximum Gasteiger partial charge on any atom is 0.245 e. The molecule has 0 bridgehead atoms. The van der Waals surface area contributed by atoms with Crippen molar-refractivity contribution >= 4 is 28.5 Å². The Morgan fingerprint density at radius 2 is 1.71 bits per heavy atom. The Kier molecular flexibility index (Phi) is 9.38. The van der Waals surface area contributed by atoms with Gasteiger partial charge in [-0.1, -0.05) is 87.2 Å². The first-order valence-corrected chi connectivity index (χ1v) is 15.4. The van der Waals surface area contributed by atoms with E-state index in [0.717, 1.165) is 55.2 Å². The molecule has 0 spiro atoms. The third kappa shape index (κ3) is 7.35. The molecule has 41 heavy (non-hydrogen) atoms. The maximum atomic E-state index is 13.7. The van der Waals surface area contributed by atoms with Crippen LogP contribution in [-0.2, 0) is 20.9 Å². The molecule has 216 valence electrons. The van der Waals surface area contributed by atoms with E-state index in [2.05, 4.69) is 66.8 Å². The minimum atomic E-state index is -0.574. The van der Waals surface area contributed by atoms with Crippen LogP contribution < -0.4 is 11.1 Å². The first kappa shape index (κ1) is 28.8. The van der Waals surface area contributed by atoms with E-state index in [-0.39, 0.29) is 11.8 Å². The standard InChI is InChI=1S/C35H43N3O3/c1-2-3-13-30(33(36)39)31(21-24-15-16-24)34(40)37-32-14-6-7-19-38(35(32)41)23-25-9-8-12-27(20-25)29-18-17-26-10-4-5-11-28(26)22-29/h4-5,8-12,17-18,20,22,24,30-32H,2-3,6-7,13-16,19,21,23H2,1H3,(H2,36,39)(H,37,40)/t30?,31?,32-/m0/s1. The number of hydrogen-bond acceptors (Lipinski definition) is 3. The minimum Gasteiger partial charge on any atom is -0.369 e. The third-order valence-corrected chi connectivity index (χ3v) is 8.82. The van der Waals surface area contributed by atoms with Crippen molar-refractivity contribution in [1.29, 1.82) is 0 Å². The molecular weight excluding hydrogens is 510 g/mol. The molecule has 6 nitrogen and oxygen atoms in total. The first-order chi connectivity index (χ1) is 19.9. The molecule has 1 saturated heterocycles. The van der Waals surface area contributed by atoms with Gasteiger partial charge >= 0.3 is 0 Å². The number of rotatable bonds is 12. The number of nitrogens with zero attached hydrogens (tertiary/aromatic N) is 1. The SMILES string of the molecule is CCCCC(C(N)=O)C(CC1CC1)C(=O)N[C@H]1CCCCN(Cc2cccc(-c3ccc4ccccc4c3)c2)C1=O. The molecule has 5 rings (SSSR count). The highest BCUT2D eigenvalue weighted by Gasteiger charge is 2.39. The van der Waals surface area contributed by atoms with Crippen LogP contribution in [0, 0.1) is 17.8 Å². The molecule has 3 aromatic carbocycles. The highest BCUT2D eigenvalue weighted by atomic mass is 16.2. The maximum absolute atomic E-state index is 13.7. The van der Waals surface area contributed by atoms with E-state index >= 15 is 0 Å². The molecule has 1 heterocycles. The summed E-state index contributed by atoms with van der Waals surface area (Å²) in [6, 6.07) is 22.6. The third-order valence-electron chi connectivity index (χ3n) is 8.82. The second kappa shape index (κ2) is 13.3. The summed E-state index contributed by atoms with van der Waals surface area (Å²) in [6.45, 7) is 3.24. The van der Waals surface area contributed by atoms with Gasteiger partial charge in [0.05, 0.1) is 0 Å². The Bertz CT molecular complexity index is 1380. The number of primary amides is 1. The van der Waals surface area contributed by atoms with Gasteiger partial charge in [-0.05, 0) is 77.6 Å². The average Bonchev–Trinajstić information content (AvgIpc) is 3.82. The number of amides is 3. The van der Waals surface area contributed by atoms with Gasteiger partial charge < -0.3 is 16.0 Å². The number of unbranched alkanes of at least 4 members (excludes halogenated alkanes) is 1. The number of carbonyl (C=O) groups is 3. The average molecular weight is 554 g/mol. The van der Waals surface area contributed by atoms with Crippen molar-refractivity contribution in [3.63, 3.8) is 0 Å². The molecule has 1 aliphatic heterocycles. The lowest BCUT2D eigenvalue weighted by atomic mass is 9.82. The fraction of sp³-hybridized carbons (Fsp3) is 0.457. The van der Waals surface area contributed by atoms with Crippen LogP contribution in [0.5, 0.6) is 0 Å². The van der Waals surface area contributed by atoms with Crippen LogP contribution in [0.3, 0.4) is 0 Å². The summed E-state index contributed by atoms with van der Waals surface area (Å²) in [5.41, 5.74) is 9.12. The van der Waals surface area contributed by atoms with E-state index in [4.69, 9.17) is 5.73 Å². The van der Waals surface area contributed by atoms with Crippen LogP contribution in [0.25, 0.3) is 21.9 Å². The number of nitrogens with two attached hydrogens (primary N) is 1. The van der Waals surface area contributed by atoms with Gasteiger partial charge in [-0.15, -0.1) is 0 Å². The van der Waals surface area contributed by atoms with E-state index in [0.29, 0.717) is 38.3 Å². The summed E-state index contributed by atoms with van der Waals surface area (Å²) in [4.78, 5) is 41.6. The predicted octanol–water partition coefficient (Wildman–Crippen LogP) is 6.21. The van der Waals surface area contributed by atoms with E-state index in [1.54, 1.807) is 0 Å². The molecule has 2 unspecified atom stereocenters. The van der Waals surface area contributed by atoms with Crippen molar-refractivity contribution in [2.45, 2.75) is 77.3 Å². The lowest BCUT2D eigenvalue weighted by Gasteiger charge is -2.28. The Balaban J connectivity index is 1.29. The summed E-state index contributed by atoms with van der Waals surface area (Å²) < 4.78 is 0. The summed E-state index contributed by atoms with van der Waals surface area (Å²) in [7, 11) is 0. The molecule has 3 atom stereocenters. The van der Waals surface area contributed by atoms with E-state index < -0.39 is 23.8 Å². The smallest absolute Gasteiger partial charge is 0.245 e. The second-order valence-corrected chi connectivity index (χ2v) is 12.0. The van der Waals surface area contributed by atoms with Crippen molar-refractivity contribution in [3.05, 3.63) is 72.3 Å². The van der Waals surface area contributed by atoms with Crippen LogP contribution in [0.4, 0.5) is 0 Å². The predicted molar refractivity (Wildman–Crippen MR) is 164 cm³/mol. The summed E-state index contributed by atoms with van der Waals surface area (Å²) >= 11 is 0. The van der Waals surface area contributed by atoms with Crippen LogP contribution in [0.2, 0.25) is 0 Å². The van der Waals surface area contributed by atoms with Gasteiger partial charge in [-0.2, -0.15) is 0 Å². The number of nitrogens with one attached hydrogen (secondary N) is 1. The topological polar surface area (TPSA) is 92.5 Å². The molecule has 2 aliphatic rings. The number of hydrogen-bond donors (Lipinski definition) is 2. The Hall–Kier alpha value is -3.67. The number of carbonyl (C=O) groups excluding carboxylic acids is 3. The van der Waals surface area contributed by atoms with Crippen LogP contribution in [0.1, 0.15) is 70.3 Å². The zero-order valence-corrected chi connectivity index (χ0v) is 24.2. The molecule has 3 amide bonds. The van der Waals surface area contributed by atoms with Crippen LogP contribution in [-0.4, -0.2) is 35.2 Å². The fourth-order valence-corrected chi connectivity index (χ4v) is 6.25. The highest BCUT2D eigenvalue weighted by Crippen LogP contribution is 2.38. The molecule has 1 aliphatic carbocycles. The zero-order valence-electron chi connectivity index (χ0n) is 24.2. The number of fused-ring (bicyclic) bond motifs is 1. The Labute approximate surface area is 243 Å². The van der Waals surface area contributed by atoms with Gasteiger partial charge in [-0.3, -0.25) is 14.4 Å². The van der Waals surface area contributed by atoms with Crippen molar-refractivity contribution in [3.8, 4) is 11.1 Å². The molecule has 0 aromatic heterocycles. The molecule has 2 fully saturated rings. The molecule has 6 heteroatoms. The normalized spacial score (nSPS) is 19.0. The fourth-order valence-electron chi connectivity index (χ4n) is 6.25. The molecule has 0 radical (unpaired) electrons. The minimum absolute atomic E-state index is 0.0405. The Morgan fingerprint density at radius 3 is 2.46 bits per heavy atom. The van der Waals surface area contributed by atoms with E-state index in [1.807, 2.05) is 17.0 Å². The van der Waals surface area contributed by atoms with Gasteiger partial charge in [0, 0.05) is 24.9 Å². The van der Waals surface area contributed by atoms with Gasteiger partial charge in [0.1, 0.15) is 6.04 Å². The first-order valence-electron chi connectivity index (χ1n) is 15.4. The van der Waals surface area contributed by atoms with E-state index in [9.17, 15) is 14.4 Å². The monoisotopic (exact) mass is 553 g/mol. The Morgan fingerprint density at radius 1 is 0.927 bits per heavy atom.